The van der Waals surface area contributed by atoms with Gasteiger partial charge in [0.1, 0.15) is 0 Å². The molecule has 0 spiro atoms. The molecule has 4 nitrogen and oxygen atoms in total. The molecule has 2 atom stereocenters. The molecule has 0 saturated heterocycles. The van der Waals surface area contributed by atoms with E-state index in [0.717, 1.165) is 25.7 Å². The van der Waals surface area contributed by atoms with Crippen molar-refractivity contribution >= 4 is 5.91 Å². The van der Waals surface area contributed by atoms with Gasteiger partial charge in [-0.1, -0.05) is 334 Å². The highest BCUT2D eigenvalue weighted by molar-refractivity contribution is 5.76. The van der Waals surface area contributed by atoms with Crippen LogP contribution in [0, 0.1) is 0 Å². The third kappa shape index (κ3) is 55.8. The minimum Gasteiger partial charge on any atom is -0.394 e. The summed E-state index contributed by atoms with van der Waals surface area (Å²) in [7, 11) is 0. The van der Waals surface area contributed by atoms with Crippen LogP contribution < -0.4 is 5.32 Å². The molecule has 1 amide bonds. The summed E-state index contributed by atoms with van der Waals surface area (Å²) in [5.74, 6) is -0.0561. The molecule has 0 aliphatic rings. The van der Waals surface area contributed by atoms with Gasteiger partial charge in [0.25, 0.3) is 0 Å². The number of unbranched alkanes of at least 4 members (excludes halogenated alkanes) is 50. The lowest BCUT2D eigenvalue weighted by molar-refractivity contribution is -0.123. The second-order valence-corrected chi connectivity index (χ2v) is 21.8. The molecule has 0 saturated carbocycles. The first-order chi connectivity index (χ1) is 33.7. The highest BCUT2D eigenvalue weighted by Gasteiger charge is 2.18. The number of aliphatic hydroxyl groups is 2. The number of hydrogen-bond acceptors (Lipinski definition) is 3. The molecular weight excluding hydrogens is 831 g/mol. The molecule has 0 bridgehead atoms. The van der Waals surface area contributed by atoms with Crippen molar-refractivity contribution in [2.75, 3.05) is 6.61 Å². The summed E-state index contributed by atoms with van der Waals surface area (Å²) in [6.07, 6.45) is 81.0. The van der Waals surface area contributed by atoms with Crippen molar-refractivity contribution in [2.24, 2.45) is 0 Å². The van der Waals surface area contributed by atoms with Gasteiger partial charge >= 0.3 is 0 Å². The van der Waals surface area contributed by atoms with E-state index in [9.17, 15) is 15.0 Å². The molecular formula is C64H125NO3. The smallest absolute Gasteiger partial charge is 0.220 e. The molecule has 0 aliphatic heterocycles. The van der Waals surface area contributed by atoms with E-state index in [0.29, 0.717) is 6.42 Å². The average Bonchev–Trinajstić information content (AvgIpc) is 3.34. The van der Waals surface area contributed by atoms with Gasteiger partial charge < -0.3 is 15.5 Å². The largest absolute Gasteiger partial charge is 0.394 e. The van der Waals surface area contributed by atoms with Crippen molar-refractivity contribution in [3.8, 4) is 0 Å². The molecule has 68 heavy (non-hydrogen) atoms. The Morgan fingerprint density at radius 2 is 0.559 bits per heavy atom. The van der Waals surface area contributed by atoms with Crippen molar-refractivity contribution < 1.29 is 15.0 Å². The number of aliphatic hydroxyl groups excluding tert-OH is 2. The summed E-state index contributed by atoms with van der Waals surface area (Å²) in [4.78, 5) is 12.5. The molecule has 0 aromatic carbocycles. The Labute approximate surface area is 428 Å². The monoisotopic (exact) mass is 956 g/mol. The fraction of sp³-hybridized carbons (Fsp3) is 0.922. The normalized spacial score (nSPS) is 12.8. The molecule has 4 heteroatoms. The van der Waals surface area contributed by atoms with Crippen LogP contribution in [0.5, 0.6) is 0 Å². The molecule has 3 N–H and O–H groups in total. The van der Waals surface area contributed by atoms with E-state index >= 15 is 0 Å². The van der Waals surface area contributed by atoms with E-state index < -0.39 is 12.1 Å². The number of amides is 1. The lowest BCUT2D eigenvalue weighted by Crippen LogP contribution is -2.45. The molecule has 0 fully saturated rings. The predicted octanol–water partition coefficient (Wildman–Crippen LogP) is 21.0. The molecule has 0 aromatic heterocycles. The molecule has 0 heterocycles. The topological polar surface area (TPSA) is 69.6 Å². The summed E-state index contributed by atoms with van der Waals surface area (Å²) < 4.78 is 0. The maximum Gasteiger partial charge on any atom is 0.220 e. The maximum absolute atomic E-state index is 12.5. The van der Waals surface area contributed by atoms with E-state index in [4.69, 9.17) is 0 Å². The Bertz CT molecular complexity index is 994. The van der Waals surface area contributed by atoms with Crippen LogP contribution in [0.1, 0.15) is 361 Å². The summed E-state index contributed by atoms with van der Waals surface area (Å²) in [6, 6.07) is -0.619. The molecule has 0 rings (SSSR count). The summed E-state index contributed by atoms with van der Waals surface area (Å²) >= 11 is 0. The van der Waals surface area contributed by atoms with Gasteiger partial charge in [-0.05, 0) is 44.9 Å². The Kier molecular flexibility index (Phi) is 59.2. The van der Waals surface area contributed by atoms with Crippen LogP contribution >= 0.6 is 0 Å². The number of allylic oxidation sites excluding steroid dienone is 3. The fourth-order valence-electron chi connectivity index (χ4n) is 10.1. The third-order valence-corrected chi connectivity index (χ3v) is 14.9. The minimum atomic E-state index is -0.836. The van der Waals surface area contributed by atoms with Crippen LogP contribution in [-0.4, -0.2) is 34.9 Å². The summed E-state index contributed by atoms with van der Waals surface area (Å²) in [5, 5.41) is 23.2. The van der Waals surface area contributed by atoms with Gasteiger partial charge in [0.15, 0.2) is 0 Å². The van der Waals surface area contributed by atoms with E-state index in [-0.39, 0.29) is 12.5 Å². The first kappa shape index (κ1) is 66.9. The van der Waals surface area contributed by atoms with E-state index in [2.05, 4.69) is 31.3 Å². The Morgan fingerprint density at radius 3 is 0.809 bits per heavy atom. The van der Waals surface area contributed by atoms with E-state index in [1.54, 1.807) is 6.08 Å². The number of carbonyl (C=O) groups is 1. The van der Waals surface area contributed by atoms with Gasteiger partial charge in [0, 0.05) is 6.42 Å². The van der Waals surface area contributed by atoms with Gasteiger partial charge in [-0.15, -0.1) is 0 Å². The Morgan fingerprint density at radius 1 is 0.338 bits per heavy atom. The Balaban J connectivity index is 3.37. The van der Waals surface area contributed by atoms with Gasteiger partial charge in [-0.25, -0.2) is 0 Å². The van der Waals surface area contributed by atoms with Gasteiger partial charge in [0.05, 0.1) is 18.8 Å². The van der Waals surface area contributed by atoms with Crippen LogP contribution in [0.15, 0.2) is 24.3 Å². The third-order valence-electron chi connectivity index (χ3n) is 14.9. The summed E-state index contributed by atoms with van der Waals surface area (Å²) in [5.41, 5.74) is 0. The highest BCUT2D eigenvalue weighted by atomic mass is 16.3. The van der Waals surface area contributed by atoms with E-state index in [1.165, 1.54) is 315 Å². The van der Waals surface area contributed by atoms with Crippen molar-refractivity contribution in [2.45, 2.75) is 373 Å². The molecule has 0 radical (unpaired) electrons. The second kappa shape index (κ2) is 60.2. The predicted molar refractivity (Wildman–Crippen MR) is 304 cm³/mol. The zero-order valence-electron chi connectivity index (χ0n) is 46.7. The fourth-order valence-corrected chi connectivity index (χ4v) is 10.1. The standard InChI is InChI=1S/C64H125NO3/c1-3-5-7-9-11-13-15-17-19-21-22-23-24-25-26-27-28-29-30-31-32-33-34-35-36-37-38-39-40-41-42-44-46-48-50-52-54-56-58-60-64(68)65-62(61-66)63(67)59-57-55-53-51-49-47-45-43-20-18-16-14-12-10-8-6-4-2/h21-22,57,59,62-63,66-67H,3-20,23-56,58,60-61H2,1-2H3,(H,65,68)/b22-21-,59-57+. The molecule has 0 aliphatic carbocycles. The molecule has 404 valence electrons. The van der Waals surface area contributed by atoms with Crippen LogP contribution in [-0.2, 0) is 4.79 Å². The van der Waals surface area contributed by atoms with Crippen LogP contribution in [0.2, 0.25) is 0 Å². The number of carbonyl (C=O) groups excluding carboxylic acids is 1. The van der Waals surface area contributed by atoms with Crippen LogP contribution in [0.4, 0.5) is 0 Å². The minimum absolute atomic E-state index is 0.0561. The van der Waals surface area contributed by atoms with Crippen molar-refractivity contribution in [1.29, 1.82) is 0 Å². The van der Waals surface area contributed by atoms with Gasteiger partial charge in [0.2, 0.25) is 5.91 Å². The number of rotatable bonds is 59. The lowest BCUT2D eigenvalue weighted by atomic mass is 10.0. The summed E-state index contributed by atoms with van der Waals surface area (Å²) in [6.45, 7) is 4.34. The molecule has 2 unspecified atom stereocenters. The SMILES string of the molecule is CCCCCCCCCC/C=C\CCCCCCCCCCCCCCCCCCCCCCCCCCCCCC(=O)NC(CO)C(O)/C=C/CCCCCCCCCCCCCCCCC. The quantitative estimate of drug-likeness (QED) is 0.0420. The Hall–Kier alpha value is -1.13. The average molecular weight is 957 g/mol. The first-order valence-corrected chi connectivity index (χ1v) is 31.6. The van der Waals surface area contributed by atoms with Gasteiger partial charge in [-0.2, -0.15) is 0 Å². The van der Waals surface area contributed by atoms with Gasteiger partial charge in [-0.3, -0.25) is 4.79 Å². The number of nitrogens with one attached hydrogen (secondary N) is 1. The van der Waals surface area contributed by atoms with Crippen molar-refractivity contribution in [3.05, 3.63) is 24.3 Å². The number of hydrogen-bond donors (Lipinski definition) is 3. The highest BCUT2D eigenvalue weighted by Crippen LogP contribution is 2.18. The van der Waals surface area contributed by atoms with Crippen LogP contribution in [0.25, 0.3) is 0 Å². The zero-order valence-corrected chi connectivity index (χ0v) is 46.7. The first-order valence-electron chi connectivity index (χ1n) is 31.6. The lowest BCUT2D eigenvalue weighted by Gasteiger charge is -2.20. The zero-order chi connectivity index (χ0) is 49.2. The second-order valence-electron chi connectivity index (χ2n) is 21.8. The molecule has 0 aromatic rings. The van der Waals surface area contributed by atoms with E-state index in [1.807, 2.05) is 6.08 Å². The van der Waals surface area contributed by atoms with Crippen molar-refractivity contribution in [1.82, 2.24) is 5.32 Å². The maximum atomic E-state index is 12.5. The van der Waals surface area contributed by atoms with Crippen LogP contribution in [0.3, 0.4) is 0 Å². The van der Waals surface area contributed by atoms with Crippen molar-refractivity contribution in [3.63, 3.8) is 0 Å².